The van der Waals surface area contributed by atoms with Crippen molar-refractivity contribution < 1.29 is 0 Å². The molecule has 2 rings (SSSR count). The number of aromatic nitrogens is 2. The highest BCUT2D eigenvalue weighted by atomic mass is 35.5. The summed E-state index contributed by atoms with van der Waals surface area (Å²) < 4.78 is 1.82. The van der Waals surface area contributed by atoms with Gasteiger partial charge in [-0.1, -0.05) is 18.5 Å². The van der Waals surface area contributed by atoms with Crippen LogP contribution < -0.4 is 5.32 Å². The topological polar surface area (TPSA) is 29.9 Å². The fraction of sp³-hybridized carbons (Fsp3) is 0.462. The molecule has 2 aromatic heterocycles. The molecule has 2 heterocycles. The lowest BCUT2D eigenvalue weighted by Crippen LogP contribution is -2.22. The normalized spacial score (nSPS) is 12.9. The molecular weight excluding hydrogens is 266 g/mol. The summed E-state index contributed by atoms with van der Waals surface area (Å²) in [5, 5.41) is 10.8. The van der Waals surface area contributed by atoms with Crippen LogP contribution in [-0.2, 0) is 7.05 Å². The smallest absolute Gasteiger partial charge is 0.0717 e. The van der Waals surface area contributed by atoms with Crippen LogP contribution in [0.1, 0.15) is 35.4 Å². The SMILES string of the molecule is CCCNC(c1cnn(C)c1)c1scc(C)c1Cl. The third-order valence-corrected chi connectivity index (χ3v) is 4.62. The lowest BCUT2D eigenvalue weighted by molar-refractivity contribution is 0.605. The zero-order valence-electron chi connectivity index (χ0n) is 10.9. The van der Waals surface area contributed by atoms with E-state index in [1.807, 2.05) is 31.0 Å². The summed E-state index contributed by atoms with van der Waals surface area (Å²) in [5.41, 5.74) is 2.30. The van der Waals surface area contributed by atoms with Crippen molar-refractivity contribution in [3.8, 4) is 0 Å². The molecule has 1 atom stereocenters. The van der Waals surface area contributed by atoms with Crippen LogP contribution in [0.3, 0.4) is 0 Å². The molecule has 3 nitrogen and oxygen atoms in total. The van der Waals surface area contributed by atoms with Gasteiger partial charge < -0.3 is 5.32 Å². The van der Waals surface area contributed by atoms with Crippen LogP contribution in [-0.4, -0.2) is 16.3 Å². The number of halogens is 1. The Hall–Kier alpha value is -0.840. The number of thiophene rings is 1. The largest absolute Gasteiger partial charge is 0.305 e. The molecule has 0 aliphatic carbocycles. The van der Waals surface area contributed by atoms with E-state index in [0.29, 0.717) is 0 Å². The maximum absolute atomic E-state index is 6.38. The molecule has 5 heteroatoms. The molecule has 0 aliphatic rings. The first-order valence-electron chi connectivity index (χ1n) is 6.09. The molecular formula is C13H18ClN3S. The van der Waals surface area contributed by atoms with Gasteiger partial charge in [-0.05, 0) is 30.8 Å². The zero-order valence-corrected chi connectivity index (χ0v) is 12.5. The maximum Gasteiger partial charge on any atom is 0.0717 e. The van der Waals surface area contributed by atoms with Gasteiger partial charge in [-0.2, -0.15) is 5.10 Å². The Morgan fingerprint density at radius 3 is 2.83 bits per heavy atom. The summed E-state index contributed by atoms with van der Waals surface area (Å²) in [6.45, 7) is 5.17. The second kappa shape index (κ2) is 5.87. The van der Waals surface area contributed by atoms with Gasteiger partial charge in [0, 0.05) is 23.7 Å². The Balaban J connectivity index is 2.33. The zero-order chi connectivity index (χ0) is 13.1. The number of hydrogen-bond donors (Lipinski definition) is 1. The van der Waals surface area contributed by atoms with Crippen molar-refractivity contribution in [2.75, 3.05) is 6.54 Å². The van der Waals surface area contributed by atoms with Gasteiger partial charge in [0.2, 0.25) is 0 Å². The van der Waals surface area contributed by atoms with Crippen LogP contribution in [0.4, 0.5) is 0 Å². The molecule has 1 unspecified atom stereocenters. The molecule has 98 valence electrons. The summed E-state index contributed by atoms with van der Waals surface area (Å²) in [5.74, 6) is 0. The van der Waals surface area contributed by atoms with Crippen molar-refractivity contribution in [2.24, 2.45) is 7.05 Å². The van der Waals surface area contributed by atoms with Gasteiger partial charge in [0.05, 0.1) is 17.3 Å². The maximum atomic E-state index is 6.38. The fourth-order valence-corrected chi connectivity index (χ4v) is 3.29. The summed E-state index contributed by atoms with van der Waals surface area (Å²) >= 11 is 8.09. The van der Waals surface area contributed by atoms with Crippen LogP contribution in [0.5, 0.6) is 0 Å². The molecule has 0 saturated carbocycles. The first kappa shape index (κ1) is 13.6. The molecule has 0 bridgehead atoms. The van der Waals surface area contributed by atoms with Crippen LogP contribution in [0, 0.1) is 6.92 Å². The minimum absolute atomic E-state index is 0.143. The van der Waals surface area contributed by atoms with E-state index >= 15 is 0 Å². The number of hydrogen-bond acceptors (Lipinski definition) is 3. The Morgan fingerprint density at radius 2 is 2.33 bits per heavy atom. The van der Waals surface area contributed by atoms with E-state index in [2.05, 4.69) is 22.7 Å². The van der Waals surface area contributed by atoms with Gasteiger partial charge in [-0.15, -0.1) is 11.3 Å². The minimum atomic E-state index is 0.143. The number of rotatable bonds is 5. The van der Waals surface area contributed by atoms with E-state index in [0.717, 1.165) is 29.1 Å². The molecule has 0 amide bonds. The summed E-state index contributed by atoms with van der Waals surface area (Å²) in [4.78, 5) is 1.18. The number of nitrogens with one attached hydrogen (secondary N) is 1. The predicted molar refractivity (Wildman–Crippen MR) is 77.4 cm³/mol. The second-order valence-corrected chi connectivity index (χ2v) is 5.72. The average Bonchev–Trinajstić information content (AvgIpc) is 2.90. The minimum Gasteiger partial charge on any atom is -0.305 e. The third-order valence-electron chi connectivity index (χ3n) is 2.84. The summed E-state index contributed by atoms with van der Waals surface area (Å²) in [7, 11) is 1.93. The number of aryl methyl sites for hydroxylation is 2. The summed E-state index contributed by atoms with van der Waals surface area (Å²) in [6.07, 6.45) is 5.04. The standard InChI is InChI=1S/C13H18ClN3S/c1-4-5-15-12(10-6-16-17(3)7-10)13-11(14)9(2)8-18-13/h6-8,12,15H,4-5H2,1-3H3. The van der Waals surface area contributed by atoms with Gasteiger partial charge in [-0.3, -0.25) is 4.68 Å². The van der Waals surface area contributed by atoms with Crippen molar-refractivity contribution in [1.29, 1.82) is 0 Å². The van der Waals surface area contributed by atoms with Gasteiger partial charge >= 0.3 is 0 Å². The average molecular weight is 284 g/mol. The Kier molecular flexibility index (Phi) is 4.43. The Labute approximate surface area is 117 Å². The lowest BCUT2D eigenvalue weighted by atomic mass is 10.1. The van der Waals surface area contributed by atoms with Crippen LogP contribution in [0.15, 0.2) is 17.8 Å². The molecule has 0 fully saturated rings. The molecule has 0 aromatic carbocycles. The van der Waals surface area contributed by atoms with E-state index in [-0.39, 0.29) is 6.04 Å². The van der Waals surface area contributed by atoms with E-state index in [1.54, 1.807) is 11.3 Å². The lowest BCUT2D eigenvalue weighted by Gasteiger charge is -2.16. The first-order valence-corrected chi connectivity index (χ1v) is 7.34. The molecule has 0 radical (unpaired) electrons. The van der Waals surface area contributed by atoms with Gasteiger partial charge in [-0.25, -0.2) is 0 Å². The molecule has 0 spiro atoms. The van der Waals surface area contributed by atoms with Crippen molar-refractivity contribution >= 4 is 22.9 Å². The molecule has 18 heavy (non-hydrogen) atoms. The van der Waals surface area contributed by atoms with Gasteiger partial charge in [0.1, 0.15) is 0 Å². The highest BCUT2D eigenvalue weighted by molar-refractivity contribution is 7.10. The van der Waals surface area contributed by atoms with Crippen LogP contribution >= 0.6 is 22.9 Å². The van der Waals surface area contributed by atoms with E-state index in [4.69, 9.17) is 11.6 Å². The van der Waals surface area contributed by atoms with E-state index in [9.17, 15) is 0 Å². The predicted octanol–water partition coefficient (Wildman–Crippen LogP) is 3.53. The molecule has 0 aliphatic heterocycles. The Morgan fingerprint density at radius 1 is 1.56 bits per heavy atom. The molecule has 1 N–H and O–H groups in total. The van der Waals surface area contributed by atoms with Crippen molar-refractivity contribution in [3.63, 3.8) is 0 Å². The summed E-state index contributed by atoms with van der Waals surface area (Å²) in [6, 6.07) is 0.143. The van der Waals surface area contributed by atoms with Gasteiger partial charge in [0.25, 0.3) is 0 Å². The van der Waals surface area contributed by atoms with Gasteiger partial charge in [0.15, 0.2) is 0 Å². The van der Waals surface area contributed by atoms with Crippen LogP contribution in [0.25, 0.3) is 0 Å². The van der Waals surface area contributed by atoms with E-state index < -0.39 is 0 Å². The first-order chi connectivity index (χ1) is 8.63. The molecule has 2 aromatic rings. The van der Waals surface area contributed by atoms with Crippen molar-refractivity contribution in [3.05, 3.63) is 38.8 Å². The highest BCUT2D eigenvalue weighted by Crippen LogP contribution is 2.35. The number of nitrogens with zero attached hydrogens (tertiary/aromatic N) is 2. The van der Waals surface area contributed by atoms with Crippen LogP contribution in [0.2, 0.25) is 5.02 Å². The quantitative estimate of drug-likeness (QED) is 0.910. The fourth-order valence-electron chi connectivity index (χ4n) is 1.88. The Bertz CT molecular complexity index is 518. The van der Waals surface area contributed by atoms with Crippen molar-refractivity contribution in [2.45, 2.75) is 26.3 Å². The second-order valence-electron chi connectivity index (χ2n) is 4.43. The third kappa shape index (κ3) is 2.76. The monoisotopic (exact) mass is 283 g/mol. The van der Waals surface area contributed by atoms with E-state index in [1.165, 1.54) is 4.88 Å². The highest BCUT2D eigenvalue weighted by Gasteiger charge is 2.20. The van der Waals surface area contributed by atoms with Crippen molar-refractivity contribution in [1.82, 2.24) is 15.1 Å². The molecule has 0 saturated heterocycles.